The average molecular weight is 251 g/mol. The van der Waals surface area contributed by atoms with E-state index in [1.54, 1.807) is 0 Å². The van der Waals surface area contributed by atoms with Crippen LogP contribution in [0.2, 0.25) is 0 Å². The van der Waals surface area contributed by atoms with Gasteiger partial charge in [0.05, 0.1) is 6.04 Å². The van der Waals surface area contributed by atoms with E-state index < -0.39 is 0 Å². The Morgan fingerprint density at radius 1 is 1.28 bits per heavy atom. The molecule has 2 rings (SSSR count). The van der Waals surface area contributed by atoms with Crippen molar-refractivity contribution in [3.63, 3.8) is 0 Å². The van der Waals surface area contributed by atoms with E-state index in [2.05, 4.69) is 30.9 Å². The Morgan fingerprint density at radius 3 is 2.50 bits per heavy atom. The van der Waals surface area contributed by atoms with Gasteiger partial charge in [-0.15, -0.1) is 0 Å². The summed E-state index contributed by atoms with van der Waals surface area (Å²) in [7, 11) is 0. The lowest BCUT2D eigenvalue weighted by atomic mass is 9.80. The lowest BCUT2D eigenvalue weighted by molar-refractivity contribution is 0.297. The van der Waals surface area contributed by atoms with Gasteiger partial charge in [0.15, 0.2) is 5.82 Å². The van der Waals surface area contributed by atoms with Crippen LogP contribution in [-0.4, -0.2) is 10.1 Å². The Bertz CT molecular complexity index is 367. The first-order valence-corrected chi connectivity index (χ1v) is 7.20. The Labute approximate surface area is 109 Å². The molecule has 0 radical (unpaired) electrons. The molecule has 0 aromatic carbocycles. The van der Waals surface area contributed by atoms with Crippen molar-refractivity contribution in [3.05, 3.63) is 11.7 Å². The van der Waals surface area contributed by atoms with Gasteiger partial charge in [0.1, 0.15) is 0 Å². The van der Waals surface area contributed by atoms with Gasteiger partial charge in [0, 0.05) is 5.92 Å². The molecule has 0 aliphatic heterocycles. The van der Waals surface area contributed by atoms with Gasteiger partial charge >= 0.3 is 0 Å². The van der Waals surface area contributed by atoms with Crippen LogP contribution in [-0.2, 0) is 0 Å². The minimum absolute atomic E-state index is 0.141. The third-order valence-corrected chi connectivity index (χ3v) is 4.25. The van der Waals surface area contributed by atoms with Crippen LogP contribution < -0.4 is 5.73 Å². The van der Waals surface area contributed by atoms with Crippen LogP contribution in [0.1, 0.15) is 76.6 Å². The number of aromatic nitrogens is 2. The largest absolute Gasteiger partial charge is 0.338 e. The molecule has 2 N–H and O–H groups in total. The van der Waals surface area contributed by atoms with Crippen molar-refractivity contribution in [3.8, 4) is 0 Å². The molecule has 4 heteroatoms. The highest BCUT2D eigenvalue weighted by molar-refractivity contribution is 5.00. The predicted octanol–water partition coefficient (Wildman–Crippen LogP) is 3.41. The maximum Gasteiger partial charge on any atom is 0.243 e. The summed E-state index contributed by atoms with van der Waals surface area (Å²) in [4.78, 5) is 4.50. The van der Waals surface area contributed by atoms with Gasteiger partial charge in [-0.3, -0.25) is 0 Å². The highest BCUT2D eigenvalue weighted by atomic mass is 16.5. The van der Waals surface area contributed by atoms with Crippen molar-refractivity contribution >= 4 is 0 Å². The fourth-order valence-corrected chi connectivity index (χ4v) is 2.66. The maximum atomic E-state index is 6.03. The van der Waals surface area contributed by atoms with Crippen molar-refractivity contribution in [2.45, 2.75) is 64.8 Å². The van der Waals surface area contributed by atoms with Crippen LogP contribution in [0.15, 0.2) is 4.52 Å². The van der Waals surface area contributed by atoms with Gasteiger partial charge < -0.3 is 10.3 Å². The normalized spacial score (nSPS) is 26.5. The Morgan fingerprint density at radius 2 is 1.94 bits per heavy atom. The molecule has 1 aromatic heterocycles. The van der Waals surface area contributed by atoms with Gasteiger partial charge in [-0.1, -0.05) is 32.3 Å². The zero-order chi connectivity index (χ0) is 13.1. The number of hydrogen-bond donors (Lipinski definition) is 1. The smallest absolute Gasteiger partial charge is 0.243 e. The summed E-state index contributed by atoms with van der Waals surface area (Å²) >= 11 is 0. The molecule has 1 aromatic rings. The van der Waals surface area contributed by atoms with E-state index in [0.29, 0.717) is 17.7 Å². The standard InChI is InChI=1S/C14H25N3O/c1-4-10-5-7-11(8-6-10)13-16-14(18-17-13)12(15)9(2)3/h9-12H,4-8,15H2,1-3H3/t10?,11?,12-/m1/s1. The molecule has 0 amide bonds. The van der Waals surface area contributed by atoms with Gasteiger partial charge in [0.25, 0.3) is 0 Å². The monoisotopic (exact) mass is 251 g/mol. The zero-order valence-electron chi connectivity index (χ0n) is 11.7. The van der Waals surface area contributed by atoms with E-state index in [9.17, 15) is 0 Å². The molecule has 1 aliphatic carbocycles. The highest BCUT2D eigenvalue weighted by Crippen LogP contribution is 2.36. The molecule has 0 spiro atoms. The Hall–Kier alpha value is -0.900. The lowest BCUT2D eigenvalue weighted by Crippen LogP contribution is -2.17. The van der Waals surface area contributed by atoms with E-state index >= 15 is 0 Å². The van der Waals surface area contributed by atoms with E-state index in [1.165, 1.54) is 32.1 Å². The molecule has 0 unspecified atom stereocenters. The molecule has 102 valence electrons. The first-order chi connectivity index (χ1) is 8.61. The van der Waals surface area contributed by atoms with Gasteiger partial charge in [0.2, 0.25) is 5.89 Å². The molecule has 1 saturated carbocycles. The molecule has 1 heterocycles. The minimum Gasteiger partial charge on any atom is -0.338 e. The van der Waals surface area contributed by atoms with Crippen molar-refractivity contribution in [2.24, 2.45) is 17.6 Å². The molecule has 1 atom stereocenters. The van der Waals surface area contributed by atoms with Crippen LogP contribution in [0, 0.1) is 11.8 Å². The van der Waals surface area contributed by atoms with Gasteiger partial charge in [-0.05, 0) is 37.5 Å². The number of nitrogens with zero attached hydrogens (tertiary/aromatic N) is 2. The van der Waals surface area contributed by atoms with Crippen LogP contribution in [0.25, 0.3) is 0 Å². The maximum absolute atomic E-state index is 6.03. The highest BCUT2D eigenvalue weighted by Gasteiger charge is 2.26. The molecule has 18 heavy (non-hydrogen) atoms. The second kappa shape index (κ2) is 5.83. The van der Waals surface area contributed by atoms with Crippen LogP contribution in [0.4, 0.5) is 0 Å². The summed E-state index contributed by atoms with van der Waals surface area (Å²) in [6.45, 7) is 6.42. The SMILES string of the molecule is CCC1CCC(c2noc([C@H](N)C(C)C)n2)CC1. The average Bonchev–Trinajstić information content (AvgIpc) is 2.87. The summed E-state index contributed by atoms with van der Waals surface area (Å²) in [5, 5.41) is 4.13. The summed E-state index contributed by atoms with van der Waals surface area (Å²) in [5.41, 5.74) is 6.03. The number of rotatable bonds is 4. The molecule has 1 aliphatic rings. The molecule has 4 nitrogen and oxygen atoms in total. The summed E-state index contributed by atoms with van der Waals surface area (Å²) in [5.74, 6) is 3.16. The van der Waals surface area contributed by atoms with E-state index in [1.807, 2.05) is 0 Å². The summed E-state index contributed by atoms with van der Waals surface area (Å²) in [6.07, 6.45) is 6.26. The fourth-order valence-electron chi connectivity index (χ4n) is 2.66. The predicted molar refractivity (Wildman–Crippen MR) is 71.1 cm³/mol. The quantitative estimate of drug-likeness (QED) is 0.890. The molecular weight excluding hydrogens is 226 g/mol. The molecular formula is C14H25N3O. The third-order valence-electron chi connectivity index (χ3n) is 4.25. The molecule has 0 bridgehead atoms. The molecule has 0 saturated heterocycles. The summed E-state index contributed by atoms with van der Waals surface area (Å²) in [6, 6.07) is -0.141. The first kappa shape index (κ1) is 13.5. The first-order valence-electron chi connectivity index (χ1n) is 7.20. The van der Waals surface area contributed by atoms with Crippen molar-refractivity contribution in [2.75, 3.05) is 0 Å². The zero-order valence-corrected chi connectivity index (χ0v) is 11.7. The third kappa shape index (κ3) is 2.91. The summed E-state index contributed by atoms with van der Waals surface area (Å²) < 4.78 is 5.31. The lowest BCUT2D eigenvalue weighted by Gasteiger charge is -2.25. The van der Waals surface area contributed by atoms with Crippen molar-refractivity contribution in [1.82, 2.24) is 10.1 Å². The van der Waals surface area contributed by atoms with E-state index in [-0.39, 0.29) is 6.04 Å². The Kier molecular flexibility index (Phi) is 4.38. The van der Waals surface area contributed by atoms with Crippen LogP contribution >= 0.6 is 0 Å². The minimum atomic E-state index is -0.141. The second-order valence-electron chi connectivity index (χ2n) is 5.89. The second-order valence-corrected chi connectivity index (χ2v) is 5.89. The number of hydrogen-bond acceptors (Lipinski definition) is 4. The van der Waals surface area contributed by atoms with Gasteiger partial charge in [-0.2, -0.15) is 4.98 Å². The van der Waals surface area contributed by atoms with Crippen molar-refractivity contribution < 1.29 is 4.52 Å². The fraction of sp³-hybridized carbons (Fsp3) is 0.857. The molecule has 1 fully saturated rings. The van der Waals surface area contributed by atoms with E-state index in [4.69, 9.17) is 10.3 Å². The topological polar surface area (TPSA) is 64.9 Å². The van der Waals surface area contributed by atoms with E-state index in [0.717, 1.165) is 11.7 Å². The number of nitrogens with two attached hydrogens (primary N) is 1. The Balaban J connectivity index is 1.98. The van der Waals surface area contributed by atoms with Crippen LogP contribution in [0.5, 0.6) is 0 Å². The van der Waals surface area contributed by atoms with Gasteiger partial charge in [-0.25, -0.2) is 0 Å². The van der Waals surface area contributed by atoms with Crippen LogP contribution in [0.3, 0.4) is 0 Å². The van der Waals surface area contributed by atoms with Crippen molar-refractivity contribution in [1.29, 1.82) is 0 Å².